The SMILES string of the molecule is Cc1sc(NC(=O)c2ccccc2)c(CN2CCCC2)c1C. The number of rotatable bonds is 4. The van der Waals surface area contributed by atoms with Crippen LogP contribution >= 0.6 is 11.3 Å². The number of benzene rings is 1. The van der Waals surface area contributed by atoms with Gasteiger partial charge in [0.25, 0.3) is 5.91 Å². The van der Waals surface area contributed by atoms with Crippen LogP contribution in [0.4, 0.5) is 5.00 Å². The molecule has 0 spiro atoms. The van der Waals surface area contributed by atoms with Gasteiger partial charge in [0.2, 0.25) is 0 Å². The van der Waals surface area contributed by atoms with E-state index in [1.54, 1.807) is 11.3 Å². The zero-order valence-electron chi connectivity index (χ0n) is 13.2. The van der Waals surface area contributed by atoms with Crippen molar-refractivity contribution in [3.05, 3.63) is 51.9 Å². The second-order valence-corrected chi connectivity index (χ2v) is 7.12. The van der Waals surface area contributed by atoms with Crippen LogP contribution in [0.1, 0.15) is 39.2 Å². The molecule has 0 aliphatic carbocycles. The van der Waals surface area contributed by atoms with E-state index in [1.165, 1.54) is 41.9 Å². The van der Waals surface area contributed by atoms with Crippen LogP contribution in [0.5, 0.6) is 0 Å². The van der Waals surface area contributed by atoms with Crippen molar-refractivity contribution in [3.8, 4) is 0 Å². The van der Waals surface area contributed by atoms with Gasteiger partial charge in [-0.05, 0) is 57.5 Å². The van der Waals surface area contributed by atoms with Gasteiger partial charge in [-0.3, -0.25) is 9.69 Å². The molecule has 1 saturated heterocycles. The van der Waals surface area contributed by atoms with Gasteiger partial charge in [-0.2, -0.15) is 0 Å². The summed E-state index contributed by atoms with van der Waals surface area (Å²) in [5.41, 5.74) is 3.31. The van der Waals surface area contributed by atoms with E-state index in [2.05, 4.69) is 24.1 Å². The van der Waals surface area contributed by atoms with Gasteiger partial charge in [0.1, 0.15) is 5.00 Å². The molecule has 2 heterocycles. The molecule has 1 N–H and O–H groups in total. The van der Waals surface area contributed by atoms with Crippen molar-refractivity contribution >= 4 is 22.2 Å². The molecule has 1 amide bonds. The Morgan fingerprint density at radius 2 is 1.86 bits per heavy atom. The third-order valence-corrected chi connectivity index (χ3v) is 5.52. The van der Waals surface area contributed by atoms with E-state index in [1.807, 2.05) is 30.3 Å². The van der Waals surface area contributed by atoms with Crippen LogP contribution in [0.25, 0.3) is 0 Å². The third-order valence-electron chi connectivity index (χ3n) is 4.35. The average molecular weight is 314 g/mol. The van der Waals surface area contributed by atoms with Gasteiger partial charge in [-0.1, -0.05) is 18.2 Å². The summed E-state index contributed by atoms with van der Waals surface area (Å²) < 4.78 is 0. The van der Waals surface area contributed by atoms with Crippen LogP contribution in [0.15, 0.2) is 30.3 Å². The fourth-order valence-corrected chi connectivity index (χ4v) is 3.96. The van der Waals surface area contributed by atoms with Crippen molar-refractivity contribution < 1.29 is 4.79 Å². The first-order valence-corrected chi connectivity index (χ1v) is 8.64. The molecular weight excluding hydrogens is 292 g/mol. The smallest absolute Gasteiger partial charge is 0.256 e. The minimum absolute atomic E-state index is 0.0236. The fraction of sp³-hybridized carbons (Fsp3) is 0.389. The molecule has 1 aliphatic heterocycles. The maximum absolute atomic E-state index is 12.4. The molecule has 0 unspecified atom stereocenters. The van der Waals surface area contributed by atoms with Crippen molar-refractivity contribution in [2.75, 3.05) is 18.4 Å². The molecule has 2 aromatic rings. The maximum Gasteiger partial charge on any atom is 0.256 e. The molecule has 3 nitrogen and oxygen atoms in total. The van der Waals surface area contributed by atoms with Crippen molar-refractivity contribution in [1.82, 2.24) is 4.90 Å². The molecule has 1 aromatic carbocycles. The standard InChI is InChI=1S/C18H22N2OS/c1-13-14(2)22-18(16(13)12-20-10-6-7-11-20)19-17(21)15-8-4-3-5-9-15/h3-5,8-9H,6-7,10-12H2,1-2H3,(H,19,21). The Morgan fingerprint density at radius 1 is 1.18 bits per heavy atom. The number of hydrogen-bond donors (Lipinski definition) is 1. The number of thiophene rings is 1. The van der Waals surface area contributed by atoms with E-state index >= 15 is 0 Å². The van der Waals surface area contributed by atoms with Crippen molar-refractivity contribution in [1.29, 1.82) is 0 Å². The summed E-state index contributed by atoms with van der Waals surface area (Å²) >= 11 is 1.69. The van der Waals surface area contributed by atoms with Gasteiger partial charge < -0.3 is 5.32 Å². The predicted octanol–water partition coefficient (Wildman–Crippen LogP) is 4.21. The number of nitrogens with zero attached hydrogens (tertiary/aromatic N) is 1. The number of nitrogens with one attached hydrogen (secondary N) is 1. The Morgan fingerprint density at radius 3 is 2.55 bits per heavy atom. The van der Waals surface area contributed by atoms with Crippen LogP contribution in [0.3, 0.4) is 0 Å². The maximum atomic E-state index is 12.4. The second kappa shape index (κ2) is 6.63. The first kappa shape index (κ1) is 15.3. The lowest BCUT2D eigenvalue weighted by atomic mass is 10.1. The lowest BCUT2D eigenvalue weighted by molar-refractivity contribution is 0.102. The molecule has 1 fully saturated rings. The van der Waals surface area contributed by atoms with Gasteiger partial charge >= 0.3 is 0 Å². The van der Waals surface area contributed by atoms with Crippen LogP contribution in [0.2, 0.25) is 0 Å². The van der Waals surface area contributed by atoms with Crippen LogP contribution in [0, 0.1) is 13.8 Å². The number of aryl methyl sites for hydroxylation is 1. The Kier molecular flexibility index (Phi) is 4.60. The lowest BCUT2D eigenvalue weighted by Crippen LogP contribution is -2.20. The Labute approximate surface area is 136 Å². The Balaban J connectivity index is 1.80. The predicted molar refractivity (Wildman–Crippen MR) is 92.7 cm³/mol. The Hall–Kier alpha value is -1.65. The molecule has 0 bridgehead atoms. The fourth-order valence-electron chi connectivity index (χ4n) is 2.89. The molecule has 1 aromatic heterocycles. The van der Waals surface area contributed by atoms with E-state index in [4.69, 9.17) is 0 Å². The molecule has 116 valence electrons. The highest BCUT2D eigenvalue weighted by Crippen LogP contribution is 2.34. The van der Waals surface area contributed by atoms with E-state index in [0.29, 0.717) is 5.56 Å². The normalized spacial score (nSPS) is 15.2. The quantitative estimate of drug-likeness (QED) is 0.916. The summed E-state index contributed by atoms with van der Waals surface area (Å²) in [4.78, 5) is 16.2. The third kappa shape index (κ3) is 3.23. The second-order valence-electron chi connectivity index (χ2n) is 5.89. The van der Waals surface area contributed by atoms with E-state index < -0.39 is 0 Å². The molecule has 0 saturated carbocycles. The highest BCUT2D eigenvalue weighted by Gasteiger charge is 2.19. The number of anilines is 1. The molecule has 0 atom stereocenters. The van der Waals surface area contributed by atoms with Crippen LogP contribution in [-0.4, -0.2) is 23.9 Å². The summed E-state index contributed by atoms with van der Waals surface area (Å²) in [6.45, 7) is 7.57. The molecule has 22 heavy (non-hydrogen) atoms. The first-order valence-electron chi connectivity index (χ1n) is 7.83. The van der Waals surface area contributed by atoms with Crippen molar-refractivity contribution in [2.45, 2.75) is 33.2 Å². The molecule has 1 aliphatic rings. The average Bonchev–Trinajstić information content (AvgIpc) is 3.13. The minimum atomic E-state index is -0.0236. The first-order chi connectivity index (χ1) is 10.6. The van der Waals surface area contributed by atoms with Crippen molar-refractivity contribution in [2.24, 2.45) is 0 Å². The van der Waals surface area contributed by atoms with Gasteiger partial charge in [0.15, 0.2) is 0 Å². The number of carbonyl (C=O) groups is 1. The van der Waals surface area contributed by atoms with E-state index in [-0.39, 0.29) is 5.91 Å². The van der Waals surface area contributed by atoms with Gasteiger partial charge in [-0.25, -0.2) is 0 Å². The number of carbonyl (C=O) groups excluding carboxylic acids is 1. The summed E-state index contributed by atoms with van der Waals surface area (Å²) in [6.07, 6.45) is 2.57. The minimum Gasteiger partial charge on any atom is -0.313 e. The van der Waals surface area contributed by atoms with Gasteiger partial charge in [0, 0.05) is 22.5 Å². The zero-order chi connectivity index (χ0) is 15.5. The topological polar surface area (TPSA) is 32.3 Å². The van der Waals surface area contributed by atoms with Crippen molar-refractivity contribution in [3.63, 3.8) is 0 Å². The number of amides is 1. The monoisotopic (exact) mass is 314 g/mol. The molecule has 0 radical (unpaired) electrons. The number of likely N-dealkylation sites (tertiary alicyclic amines) is 1. The van der Waals surface area contributed by atoms with E-state index in [9.17, 15) is 4.79 Å². The van der Waals surface area contributed by atoms with Gasteiger partial charge in [-0.15, -0.1) is 11.3 Å². The molecule has 3 rings (SSSR count). The highest BCUT2D eigenvalue weighted by molar-refractivity contribution is 7.16. The molecule has 4 heteroatoms. The van der Waals surface area contributed by atoms with Crippen LogP contribution in [-0.2, 0) is 6.54 Å². The summed E-state index contributed by atoms with van der Waals surface area (Å²) in [5, 5.41) is 4.13. The molecular formula is C18H22N2OS. The Bertz CT molecular complexity index is 657. The highest BCUT2D eigenvalue weighted by atomic mass is 32.1. The van der Waals surface area contributed by atoms with Crippen LogP contribution < -0.4 is 5.32 Å². The summed E-state index contributed by atoms with van der Waals surface area (Å²) in [5.74, 6) is -0.0236. The largest absolute Gasteiger partial charge is 0.313 e. The lowest BCUT2D eigenvalue weighted by Gasteiger charge is -2.16. The zero-order valence-corrected chi connectivity index (χ0v) is 14.0. The number of hydrogen-bond acceptors (Lipinski definition) is 3. The van der Waals surface area contributed by atoms with Gasteiger partial charge in [0.05, 0.1) is 0 Å². The summed E-state index contributed by atoms with van der Waals surface area (Å²) in [6, 6.07) is 9.41. The van der Waals surface area contributed by atoms with E-state index in [0.717, 1.165) is 11.5 Å². The summed E-state index contributed by atoms with van der Waals surface area (Å²) in [7, 11) is 0.